The van der Waals surface area contributed by atoms with Crippen molar-refractivity contribution in [1.29, 1.82) is 0 Å². The normalized spacial score (nSPS) is 29.5. The summed E-state index contributed by atoms with van der Waals surface area (Å²) in [4.78, 5) is 14.2. The zero-order chi connectivity index (χ0) is 20.0. The zero-order valence-electron chi connectivity index (χ0n) is 17.1. The standard InChI is InChI=1S/C25H30N2O2/c1-17(19-7-8-23-20(9-19)10-24(28)26-23)14-27-15-21-12-25(29,13-22(21)16-27)11-18-5-3-2-4-6-18/h2-9,17,21-22,29H,10-16H2,1H3,(H,26,28)/t17?,21-,22?,25?/m1/s1. The van der Waals surface area contributed by atoms with Crippen molar-refractivity contribution in [2.75, 3.05) is 25.0 Å². The first kappa shape index (κ1) is 18.8. The Morgan fingerprint density at radius 1 is 1.14 bits per heavy atom. The molecule has 4 atom stereocenters. The van der Waals surface area contributed by atoms with Gasteiger partial charge in [-0.2, -0.15) is 0 Å². The molecule has 2 heterocycles. The second-order valence-electron chi connectivity index (χ2n) is 9.58. The molecule has 29 heavy (non-hydrogen) atoms. The summed E-state index contributed by atoms with van der Waals surface area (Å²) in [7, 11) is 0. The van der Waals surface area contributed by atoms with Crippen LogP contribution in [0.1, 0.15) is 42.4 Å². The number of hydrogen-bond donors (Lipinski definition) is 2. The predicted molar refractivity (Wildman–Crippen MR) is 115 cm³/mol. The van der Waals surface area contributed by atoms with Crippen LogP contribution in [0.4, 0.5) is 5.69 Å². The van der Waals surface area contributed by atoms with Crippen LogP contribution in [0.2, 0.25) is 0 Å². The van der Waals surface area contributed by atoms with Crippen LogP contribution in [-0.2, 0) is 17.6 Å². The summed E-state index contributed by atoms with van der Waals surface area (Å²) in [5.41, 5.74) is 4.12. The number of likely N-dealkylation sites (tertiary alicyclic amines) is 1. The van der Waals surface area contributed by atoms with E-state index >= 15 is 0 Å². The number of fused-ring (bicyclic) bond motifs is 2. The van der Waals surface area contributed by atoms with Crippen molar-refractivity contribution in [3.8, 4) is 0 Å². The van der Waals surface area contributed by atoms with Gasteiger partial charge >= 0.3 is 0 Å². The minimum atomic E-state index is -0.534. The molecule has 1 saturated carbocycles. The van der Waals surface area contributed by atoms with Crippen LogP contribution in [0.25, 0.3) is 0 Å². The Morgan fingerprint density at radius 2 is 1.86 bits per heavy atom. The van der Waals surface area contributed by atoms with E-state index < -0.39 is 5.60 Å². The van der Waals surface area contributed by atoms with Gasteiger partial charge in [0.05, 0.1) is 12.0 Å². The fraction of sp³-hybridized carbons (Fsp3) is 0.480. The molecule has 1 amide bonds. The van der Waals surface area contributed by atoms with Gasteiger partial charge < -0.3 is 15.3 Å². The van der Waals surface area contributed by atoms with Crippen molar-refractivity contribution >= 4 is 11.6 Å². The van der Waals surface area contributed by atoms with Gasteiger partial charge in [0.1, 0.15) is 0 Å². The predicted octanol–water partition coefficient (Wildman–Crippen LogP) is 3.60. The Labute approximate surface area is 172 Å². The number of benzene rings is 2. The van der Waals surface area contributed by atoms with Gasteiger partial charge in [0.2, 0.25) is 5.91 Å². The molecular weight excluding hydrogens is 360 g/mol. The number of aliphatic hydroxyl groups is 1. The molecule has 0 radical (unpaired) electrons. The number of hydrogen-bond acceptors (Lipinski definition) is 3. The lowest BCUT2D eigenvalue weighted by molar-refractivity contribution is -0.115. The second-order valence-corrected chi connectivity index (χ2v) is 9.58. The van der Waals surface area contributed by atoms with Crippen LogP contribution in [0.15, 0.2) is 48.5 Å². The molecule has 0 bridgehead atoms. The van der Waals surface area contributed by atoms with E-state index in [4.69, 9.17) is 0 Å². The number of anilines is 1. The van der Waals surface area contributed by atoms with Crippen molar-refractivity contribution in [2.24, 2.45) is 11.8 Å². The molecule has 152 valence electrons. The van der Waals surface area contributed by atoms with E-state index in [1.54, 1.807) is 0 Å². The molecule has 2 N–H and O–H groups in total. The van der Waals surface area contributed by atoms with E-state index in [9.17, 15) is 9.90 Å². The maximum absolute atomic E-state index is 11.6. The molecule has 4 nitrogen and oxygen atoms in total. The van der Waals surface area contributed by atoms with E-state index in [2.05, 4.69) is 59.6 Å². The van der Waals surface area contributed by atoms with Crippen molar-refractivity contribution in [2.45, 2.75) is 44.1 Å². The van der Waals surface area contributed by atoms with Gasteiger partial charge in [-0.1, -0.05) is 49.4 Å². The summed E-state index contributed by atoms with van der Waals surface area (Å²) in [6, 6.07) is 16.8. The summed E-state index contributed by atoms with van der Waals surface area (Å²) in [5, 5.41) is 14.1. The molecule has 2 aliphatic heterocycles. The van der Waals surface area contributed by atoms with Gasteiger partial charge in [-0.25, -0.2) is 0 Å². The van der Waals surface area contributed by atoms with Crippen LogP contribution in [0.5, 0.6) is 0 Å². The maximum atomic E-state index is 11.6. The molecular formula is C25H30N2O2. The monoisotopic (exact) mass is 390 g/mol. The van der Waals surface area contributed by atoms with Crippen LogP contribution in [0, 0.1) is 11.8 Å². The largest absolute Gasteiger partial charge is 0.390 e. The van der Waals surface area contributed by atoms with Crippen LogP contribution >= 0.6 is 0 Å². The summed E-state index contributed by atoms with van der Waals surface area (Å²) < 4.78 is 0. The van der Waals surface area contributed by atoms with Crippen LogP contribution in [0.3, 0.4) is 0 Å². The summed E-state index contributed by atoms with van der Waals surface area (Å²) >= 11 is 0. The molecule has 1 aliphatic carbocycles. The van der Waals surface area contributed by atoms with Gasteiger partial charge in [0.15, 0.2) is 0 Å². The molecule has 2 aromatic carbocycles. The topological polar surface area (TPSA) is 52.6 Å². The van der Waals surface area contributed by atoms with Crippen molar-refractivity contribution in [3.05, 3.63) is 65.2 Å². The van der Waals surface area contributed by atoms with E-state index in [-0.39, 0.29) is 5.91 Å². The Morgan fingerprint density at radius 3 is 2.59 bits per heavy atom. The highest BCUT2D eigenvalue weighted by atomic mass is 16.3. The Balaban J connectivity index is 1.18. The first-order valence-corrected chi connectivity index (χ1v) is 10.9. The number of rotatable bonds is 5. The molecule has 4 heteroatoms. The van der Waals surface area contributed by atoms with E-state index in [0.717, 1.165) is 50.1 Å². The number of nitrogens with one attached hydrogen (secondary N) is 1. The SMILES string of the molecule is CC(CN1CC2CC(O)(Cc3ccccc3)C[C@@H]2C1)c1ccc2c(c1)CC(=O)N2. The molecule has 5 rings (SSSR count). The maximum Gasteiger partial charge on any atom is 0.228 e. The first-order chi connectivity index (χ1) is 14.0. The number of carbonyl (C=O) groups is 1. The minimum Gasteiger partial charge on any atom is -0.390 e. The fourth-order valence-corrected chi connectivity index (χ4v) is 5.88. The first-order valence-electron chi connectivity index (χ1n) is 10.9. The average Bonchev–Trinajstić information content (AvgIpc) is 3.31. The Hall–Kier alpha value is -2.17. The van der Waals surface area contributed by atoms with Crippen molar-refractivity contribution in [3.63, 3.8) is 0 Å². The molecule has 2 aromatic rings. The summed E-state index contributed by atoms with van der Waals surface area (Å²) in [6.07, 6.45) is 3.12. The van der Waals surface area contributed by atoms with Gasteiger partial charge in [0.25, 0.3) is 0 Å². The molecule has 3 aliphatic rings. The molecule has 3 unspecified atom stereocenters. The van der Waals surface area contributed by atoms with Gasteiger partial charge in [-0.05, 0) is 53.4 Å². The van der Waals surface area contributed by atoms with Crippen LogP contribution in [-0.4, -0.2) is 41.1 Å². The third kappa shape index (κ3) is 3.84. The Kier molecular flexibility index (Phi) is 4.72. The number of nitrogens with zero attached hydrogens (tertiary/aromatic N) is 1. The lowest BCUT2D eigenvalue weighted by Crippen LogP contribution is -2.33. The van der Waals surface area contributed by atoms with Crippen LogP contribution < -0.4 is 5.32 Å². The molecule has 1 saturated heterocycles. The highest BCUT2D eigenvalue weighted by Gasteiger charge is 2.48. The third-order valence-corrected chi connectivity index (χ3v) is 7.17. The minimum absolute atomic E-state index is 0.0974. The van der Waals surface area contributed by atoms with Gasteiger partial charge in [0, 0.05) is 31.7 Å². The van der Waals surface area contributed by atoms with Crippen molar-refractivity contribution in [1.82, 2.24) is 4.90 Å². The molecule has 0 spiro atoms. The third-order valence-electron chi connectivity index (χ3n) is 7.17. The Bertz CT molecular complexity index is 896. The highest BCUT2D eigenvalue weighted by molar-refractivity contribution is 5.99. The zero-order valence-corrected chi connectivity index (χ0v) is 17.1. The quantitative estimate of drug-likeness (QED) is 0.820. The van der Waals surface area contributed by atoms with Gasteiger partial charge in [-0.15, -0.1) is 0 Å². The molecule has 2 fully saturated rings. The summed E-state index contributed by atoms with van der Waals surface area (Å²) in [6.45, 7) is 5.52. The highest BCUT2D eigenvalue weighted by Crippen LogP contribution is 2.45. The molecule has 0 aromatic heterocycles. The second kappa shape index (κ2) is 7.26. The van der Waals surface area contributed by atoms with E-state index in [1.165, 1.54) is 11.1 Å². The van der Waals surface area contributed by atoms with Gasteiger partial charge in [-0.3, -0.25) is 4.79 Å². The fourth-order valence-electron chi connectivity index (χ4n) is 5.88. The lowest BCUT2D eigenvalue weighted by Gasteiger charge is -2.27. The average molecular weight is 391 g/mol. The van der Waals surface area contributed by atoms with E-state index in [1.807, 2.05) is 6.07 Å². The number of carbonyl (C=O) groups excluding carboxylic acids is 1. The summed E-state index contributed by atoms with van der Waals surface area (Å²) in [5.74, 6) is 1.76. The van der Waals surface area contributed by atoms with Crippen molar-refractivity contribution < 1.29 is 9.90 Å². The van der Waals surface area contributed by atoms with E-state index in [0.29, 0.717) is 24.2 Å². The lowest BCUT2D eigenvalue weighted by atomic mass is 9.91. The smallest absolute Gasteiger partial charge is 0.228 e. The number of amides is 1.